The van der Waals surface area contributed by atoms with Crippen molar-refractivity contribution in [1.82, 2.24) is 15.8 Å². The van der Waals surface area contributed by atoms with E-state index >= 15 is 0 Å². The Bertz CT molecular complexity index is 1060. The number of nitrogens with zero attached hydrogens (tertiary/aromatic N) is 1. The van der Waals surface area contributed by atoms with Crippen molar-refractivity contribution in [3.63, 3.8) is 0 Å². The normalized spacial score (nSPS) is 10.3. The Labute approximate surface area is 188 Å². The van der Waals surface area contributed by atoms with E-state index in [0.717, 1.165) is 0 Å². The zero-order valence-corrected chi connectivity index (χ0v) is 18.4. The molecule has 162 valence electrons. The molecule has 0 aliphatic carbocycles. The summed E-state index contributed by atoms with van der Waals surface area (Å²) in [5.74, 6) is 0.548. The van der Waals surface area contributed by atoms with Crippen LogP contribution < -0.4 is 25.1 Å². The summed E-state index contributed by atoms with van der Waals surface area (Å²) in [6.45, 7) is 2.53. The fraction of sp³-hybridized carbons (Fsp3) is 0.190. The zero-order chi connectivity index (χ0) is 22.2. The lowest BCUT2D eigenvalue weighted by Crippen LogP contribution is -2.41. The fourth-order valence-corrected chi connectivity index (χ4v) is 3.30. The van der Waals surface area contributed by atoms with Crippen molar-refractivity contribution in [3.8, 4) is 17.2 Å². The summed E-state index contributed by atoms with van der Waals surface area (Å²) in [6.07, 6.45) is 0. The largest absolute Gasteiger partial charge is 0.493 e. The van der Waals surface area contributed by atoms with E-state index in [0.29, 0.717) is 39.4 Å². The molecule has 3 rings (SSSR count). The molecule has 2 aromatic carbocycles. The van der Waals surface area contributed by atoms with Crippen LogP contribution in [-0.2, 0) is 6.61 Å². The second-order valence-electron chi connectivity index (χ2n) is 6.08. The predicted molar refractivity (Wildman–Crippen MR) is 117 cm³/mol. The zero-order valence-electron chi connectivity index (χ0n) is 16.8. The predicted octanol–water partition coefficient (Wildman–Crippen LogP) is 3.86. The minimum absolute atomic E-state index is 0.171. The molecule has 0 unspecified atom stereocenters. The molecule has 2 amide bonds. The van der Waals surface area contributed by atoms with Crippen molar-refractivity contribution in [2.75, 3.05) is 13.7 Å². The molecule has 31 heavy (non-hydrogen) atoms. The molecule has 0 atom stereocenters. The van der Waals surface area contributed by atoms with E-state index in [9.17, 15) is 9.59 Å². The molecular formula is C21H20ClN3O5S. The first kappa shape index (κ1) is 22.4. The summed E-state index contributed by atoms with van der Waals surface area (Å²) in [5.41, 5.74) is 5.18. The monoisotopic (exact) mass is 461 g/mol. The molecule has 0 saturated carbocycles. The van der Waals surface area contributed by atoms with Crippen LogP contribution in [0.2, 0.25) is 5.02 Å². The van der Waals surface area contributed by atoms with E-state index in [1.807, 2.05) is 6.92 Å². The van der Waals surface area contributed by atoms with E-state index in [2.05, 4.69) is 15.8 Å². The molecule has 8 nitrogen and oxygen atoms in total. The SMILES string of the molecule is CCOc1ccc(C(=O)NNC(=O)c2csc(COc3ccc(Cl)cc3)n2)cc1OC. The van der Waals surface area contributed by atoms with Crippen molar-refractivity contribution in [3.05, 3.63) is 69.1 Å². The second kappa shape index (κ2) is 10.6. The highest BCUT2D eigenvalue weighted by Crippen LogP contribution is 2.28. The summed E-state index contributed by atoms with van der Waals surface area (Å²) in [7, 11) is 1.48. The van der Waals surface area contributed by atoms with Gasteiger partial charge in [0.05, 0.1) is 13.7 Å². The molecular weight excluding hydrogens is 442 g/mol. The summed E-state index contributed by atoms with van der Waals surface area (Å²) in [4.78, 5) is 28.8. The van der Waals surface area contributed by atoms with Crippen molar-refractivity contribution in [1.29, 1.82) is 0 Å². The standard InChI is InChI=1S/C21H20ClN3O5S/c1-3-29-17-9-4-13(10-18(17)28-2)20(26)24-25-21(27)16-12-31-19(23-16)11-30-15-7-5-14(22)6-8-15/h4-10,12H,3,11H2,1-2H3,(H,24,26)(H,25,27). The number of hydrogen-bond donors (Lipinski definition) is 2. The highest BCUT2D eigenvalue weighted by molar-refractivity contribution is 7.09. The van der Waals surface area contributed by atoms with Crippen molar-refractivity contribution < 1.29 is 23.8 Å². The van der Waals surface area contributed by atoms with Gasteiger partial charge in [0.15, 0.2) is 11.5 Å². The fourth-order valence-electron chi connectivity index (χ4n) is 2.49. The maximum atomic E-state index is 12.3. The van der Waals surface area contributed by atoms with Gasteiger partial charge in [-0.3, -0.25) is 20.4 Å². The lowest BCUT2D eigenvalue weighted by Gasteiger charge is -2.11. The van der Waals surface area contributed by atoms with Crippen LogP contribution in [0.1, 0.15) is 32.8 Å². The second-order valence-corrected chi connectivity index (χ2v) is 7.46. The molecule has 1 aromatic heterocycles. The van der Waals surface area contributed by atoms with Crippen LogP contribution in [0.5, 0.6) is 17.2 Å². The van der Waals surface area contributed by atoms with Crippen LogP contribution >= 0.6 is 22.9 Å². The van der Waals surface area contributed by atoms with Crippen LogP contribution in [0.4, 0.5) is 0 Å². The Morgan fingerprint density at radius 1 is 1.03 bits per heavy atom. The Balaban J connectivity index is 1.53. The van der Waals surface area contributed by atoms with Crippen LogP contribution in [0, 0.1) is 0 Å². The average molecular weight is 462 g/mol. The number of ether oxygens (including phenoxy) is 3. The van der Waals surface area contributed by atoms with Gasteiger partial charge in [-0.15, -0.1) is 11.3 Å². The lowest BCUT2D eigenvalue weighted by molar-refractivity contribution is 0.0844. The van der Waals surface area contributed by atoms with Crippen LogP contribution in [0.15, 0.2) is 47.8 Å². The first-order chi connectivity index (χ1) is 15.0. The first-order valence-electron chi connectivity index (χ1n) is 9.24. The van der Waals surface area contributed by atoms with Crippen LogP contribution in [-0.4, -0.2) is 30.5 Å². The highest BCUT2D eigenvalue weighted by Gasteiger charge is 2.15. The number of carbonyl (C=O) groups is 2. The number of aromatic nitrogens is 1. The number of carbonyl (C=O) groups excluding carboxylic acids is 2. The minimum atomic E-state index is -0.541. The van der Waals surface area contributed by atoms with Gasteiger partial charge in [0.25, 0.3) is 11.8 Å². The van der Waals surface area contributed by atoms with Crippen molar-refractivity contribution in [2.24, 2.45) is 0 Å². The van der Waals surface area contributed by atoms with E-state index in [1.54, 1.807) is 41.8 Å². The summed E-state index contributed by atoms with van der Waals surface area (Å²) in [5, 5.41) is 2.82. The topological polar surface area (TPSA) is 98.8 Å². The van der Waals surface area contributed by atoms with Crippen molar-refractivity contribution >= 4 is 34.8 Å². The number of hydrazine groups is 1. The Morgan fingerprint density at radius 2 is 1.77 bits per heavy atom. The summed E-state index contributed by atoms with van der Waals surface area (Å²) < 4.78 is 16.3. The van der Waals surface area contributed by atoms with E-state index in [1.165, 1.54) is 24.5 Å². The molecule has 0 aliphatic heterocycles. The van der Waals surface area contributed by atoms with Gasteiger partial charge in [-0.1, -0.05) is 11.6 Å². The van der Waals surface area contributed by atoms with Gasteiger partial charge in [0.2, 0.25) is 0 Å². The number of thiazole rings is 1. The highest BCUT2D eigenvalue weighted by atomic mass is 35.5. The Morgan fingerprint density at radius 3 is 2.48 bits per heavy atom. The summed E-state index contributed by atoms with van der Waals surface area (Å²) >= 11 is 7.12. The number of nitrogens with one attached hydrogen (secondary N) is 2. The van der Waals surface area contributed by atoms with Gasteiger partial charge >= 0.3 is 0 Å². The third-order valence-corrected chi connectivity index (χ3v) is 5.05. The number of methoxy groups -OCH3 is 1. The lowest BCUT2D eigenvalue weighted by atomic mass is 10.2. The van der Waals surface area contributed by atoms with Gasteiger partial charge in [0.1, 0.15) is 23.1 Å². The first-order valence-corrected chi connectivity index (χ1v) is 10.5. The Kier molecular flexibility index (Phi) is 7.69. The molecule has 0 spiro atoms. The average Bonchev–Trinajstić information content (AvgIpc) is 3.26. The maximum absolute atomic E-state index is 12.3. The van der Waals surface area contributed by atoms with Crippen LogP contribution in [0.3, 0.4) is 0 Å². The smallest absolute Gasteiger partial charge is 0.289 e. The third kappa shape index (κ3) is 6.09. The maximum Gasteiger partial charge on any atom is 0.289 e. The molecule has 2 N–H and O–H groups in total. The molecule has 1 heterocycles. The quantitative estimate of drug-likeness (QED) is 0.494. The van der Waals surface area contributed by atoms with Gasteiger partial charge in [0, 0.05) is 16.0 Å². The van der Waals surface area contributed by atoms with E-state index in [4.69, 9.17) is 25.8 Å². The van der Waals surface area contributed by atoms with Crippen molar-refractivity contribution in [2.45, 2.75) is 13.5 Å². The number of amides is 2. The number of halogens is 1. The van der Waals surface area contributed by atoms with Crippen LogP contribution in [0.25, 0.3) is 0 Å². The molecule has 0 aliphatic rings. The van der Waals surface area contributed by atoms with Gasteiger partial charge in [-0.05, 0) is 49.4 Å². The molecule has 0 fully saturated rings. The molecule has 0 radical (unpaired) electrons. The van der Waals surface area contributed by atoms with Gasteiger partial charge in [-0.2, -0.15) is 0 Å². The molecule has 0 saturated heterocycles. The molecule has 3 aromatic rings. The molecule has 10 heteroatoms. The minimum Gasteiger partial charge on any atom is -0.493 e. The van der Waals surface area contributed by atoms with Gasteiger partial charge in [-0.25, -0.2) is 4.98 Å². The number of hydrogen-bond acceptors (Lipinski definition) is 7. The number of benzene rings is 2. The Hall–Kier alpha value is -3.30. The van der Waals surface area contributed by atoms with E-state index in [-0.39, 0.29) is 12.3 Å². The van der Waals surface area contributed by atoms with Gasteiger partial charge < -0.3 is 14.2 Å². The molecule has 0 bridgehead atoms. The summed E-state index contributed by atoms with van der Waals surface area (Å²) in [6, 6.07) is 11.7. The van der Waals surface area contributed by atoms with E-state index < -0.39 is 11.8 Å². The number of rotatable bonds is 8. The third-order valence-electron chi connectivity index (χ3n) is 3.98.